The van der Waals surface area contributed by atoms with E-state index in [4.69, 9.17) is 9.73 Å². The lowest BCUT2D eigenvalue weighted by molar-refractivity contribution is 0.0672. The van der Waals surface area contributed by atoms with Crippen LogP contribution in [-0.4, -0.2) is 61.7 Å². The number of aromatic nitrogens is 4. The van der Waals surface area contributed by atoms with Crippen molar-refractivity contribution in [2.24, 2.45) is 10.9 Å². The standard InChI is InChI=1S/C37H41N9O3/c47-36-28-10-7-13-31(34(28)32-14-5-6-18-46(32)36)41-37(48)42-33-20-24(15-16-38-33)22-49-23-25-21-45(44-43-25)19-17-39-35-26-8-1-3-11-29(26)40-30-12-4-2-9-27(30)35/h1,3,7-8,10-11,13,15-16,20-21,27,30,32,40H,2,4-6,9,12,14,17-19,22-23H2,(H2,38,41,42,48)/t27?,30?,32-/m1/s1. The van der Waals surface area contributed by atoms with Crippen molar-refractivity contribution in [3.8, 4) is 0 Å². The molecule has 12 heteroatoms. The molecule has 3 N–H and O–H groups in total. The van der Waals surface area contributed by atoms with Gasteiger partial charge in [0.15, 0.2) is 0 Å². The highest BCUT2D eigenvalue weighted by molar-refractivity contribution is 6.09. The molecule has 2 unspecified atom stereocenters. The molecule has 3 atom stereocenters. The number of ether oxygens (including phenoxy) is 1. The highest BCUT2D eigenvalue weighted by Gasteiger charge is 2.40. The predicted molar refractivity (Wildman–Crippen MR) is 187 cm³/mol. The zero-order valence-electron chi connectivity index (χ0n) is 27.5. The van der Waals surface area contributed by atoms with Crippen molar-refractivity contribution in [2.75, 3.05) is 29.0 Å². The number of hydrogen-bond donors (Lipinski definition) is 3. The first-order chi connectivity index (χ1) is 24.1. The van der Waals surface area contributed by atoms with Gasteiger partial charge < -0.3 is 20.3 Å². The molecule has 2 fully saturated rings. The molecule has 49 heavy (non-hydrogen) atoms. The fraction of sp³-hybridized carbons (Fsp3) is 0.405. The number of aliphatic imine (C=N–C) groups is 1. The molecule has 252 valence electrons. The third-order valence-corrected chi connectivity index (χ3v) is 10.1. The first kappa shape index (κ1) is 31.2. The second-order valence-electron chi connectivity index (χ2n) is 13.3. The summed E-state index contributed by atoms with van der Waals surface area (Å²) in [5.74, 6) is 0.914. The molecule has 3 aliphatic heterocycles. The van der Waals surface area contributed by atoms with Crippen LogP contribution in [-0.2, 0) is 24.5 Å². The number of fused-ring (bicyclic) bond motifs is 5. The minimum atomic E-state index is -0.412. The van der Waals surface area contributed by atoms with E-state index in [9.17, 15) is 9.59 Å². The summed E-state index contributed by atoms with van der Waals surface area (Å²) in [6.45, 7) is 2.67. The van der Waals surface area contributed by atoms with Gasteiger partial charge in [-0.1, -0.05) is 42.3 Å². The van der Waals surface area contributed by atoms with Crippen LogP contribution in [0.15, 0.2) is 72.0 Å². The van der Waals surface area contributed by atoms with Gasteiger partial charge in [-0.05, 0) is 68.0 Å². The van der Waals surface area contributed by atoms with Gasteiger partial charge in [0.1, 0.15) is 11.5 Å². The number of nitrogens with one attached hydrogen (secondary N) is 3. The second-order valence-corrected chi connectivity index (χ2v) is 13.3. The van der Waals surface area contributed by atoms with Gasteiger partial charge in [0.05, 0.1) is 38.5 Å². The van der Waals surface area contributed by atoms with Crippen LogP contribution in [0.5, 0.6) is 0 Å². The molecule has 1 aliphatic carbocycles. The Balaban J connectivity index is 0.834. The second kappa shape index (κ2) is 13.8. The molecule has 8 rings (SSSR count). The van der Waals surface area contributed by atoms with Gasteiger partial charge in [0, 0.05) is 58.5 Å². The van der Waals surface area contributed by atoms with Crippen LogP contribution in [0, 0.1) is 5.92 Å². The number of anilines is 3. The van der Waals surface area contributed by atoms with Crippen molar-refractivity contribution in [3.63, 3.8) is 0 Å². The number of para-hydroxylation sites is 1. The summed E-state index contributed by atoms with van der Waals surface area (Å²) in [6, 6.07) is 17.7. The average Bonchev–Trinajstić information content (AvgIpc) is 3.70. The van der Waals surface area contributed by atoms with Crippen molar-refractivity contribution >= 4 is 34.8 Å². The van der Waals surface area contributed by atoms with Gasteiger partial charge in [-0.2, -0.15) is 0 Å². The van der Waals surface area contributed by atoms with E-state index in [2.05, 4.69) is 55.5 Å². The van der Waals surface area contributed by atoms with Crippen molar-refractivity contribution in [3.05, 3.63) is 94.9 Å². The van der Waals surface area contributed by atoms with Gasteiger partial charge in [-0.15, -0.1) is 5.10 Å². The number of carbonyl (C=O) groups excluding carboxylic acids is 2. The number of rotatable bonds is 9. The SMILES string of the molecule is O=C(Nc1cc(COCc2cn(CCN=C3c4ccccc4NC4CCCCC34)nn2)ccn1)Nc1cccc2c1[C@H]1CCCCN1C2=O. The van der Waals surface area contributed by atoms with E-state index in [1.165, 1.54) is 42.6 Å². The van der Waals surface area contributed by atoms with E-state index in [0.29, 0.717) is 55.3 Å². The fourth-order valence-electron chi connectivity index (χ4n) is 7.88. The molecule has 2 aromatic heterocycles. The maximum Gasteiger partial charge on any atom is 0.324 e. The Hall–Kier alpha value is -5.10. The van der Waals surface area contributed by atoms with Gasteiger partial charge in [0.25, 0.3) is 5.91 Å². The minimum absolute atomic E-state index is 0.0174. The smallest absolute Gasteiger partial charge is 0.324 e. The zero-order chi connectivity index (χ0) is 33.2. The third kappa shape index (κ3) is 6.52. The first-order valence-electron chi connectivity index (χ1n) is 17.4. The summed E-state index contributed by atoms with van der Waals surface area (Å²) in [6.07, 6.45) is 11.4. The number of pyridine rings is 1. The van der Waals surface area contributed by atoms with E-state index >= 15 is 0 Å². The molecule has 12 nitrogen and oxygen atoms in total. The lowest BCUT2D eigenvalue weighted by Crippen LogP contribution is -2.42. The van der Waals surface area contributed by atoms with Crippen molar-refractivity contribution in [1.82, 2.24) is 24.9 Å². The maximum atomic E-state index is 13.0. The maximum absolute atomic E-state index is 13.0. The monoisotopic (exact) mass is 659 g/mol. The summed E-state index contributed by atoms with van der Waals surface area (Å²) in [7, 11) is 0. The number of piperidine rings is 1. The molecule has 0 spiro atoms. The lowest BCUT2D eigenvalue weighted by atomic mass is 9.76. The highest BCUT2D eigenvalue weighted by Crippen LogP contribution is 2.43. The van der Waals surface area contributed by atoms with Crippen molar-refractivity contribution < 1.29 is 14.3 Å². The van der Waals surface area contributed by atoms with Gasteiger partial charge >= 0.3 is 6.03 Å². The predicted octanol–water partition coefficient (Wildman–Crippen LogP) is 6.19. The normalized spacial score (nSPS) is 21.7. The van der Waals surface area contributed by atoms with Crippen LogP contribution >= 0.6 is 0 Å². The number of amides is 3. The number of urea groups is 1. The van der Waals surface area contributed by atoms with E-state index < -0.39 is 6.03 Å². The molecule has 5 heterocycles. The lowest BCUT2D eigenvalue weighted by Gasteiger charge is -2.39. The Kier molecular flexibility index (Phi) is 8.78. The van der Waals surface area contributed by atoms with Crippen LogP contribution in [0.4, 0.5) is 22.0 Å². The zero-order valence-corrected chi connectivity index (χ0v) is 27.5. The molecule has 1 saturated heterocycles. The van der Waals surface area contributed by atoms with Crippen LogP contribution in [0.1, 0.15) is 83.7 Å². The van der Waals surface area contributed by atoms with Gasteiger partial charge in [-0.3, -0.25) is 19.8 Å². The molecular formula is C37H41N9O3. The van der Waals surface area contributed by atoms with Gasteiger partial charge in [0.2, 0.25) is 0 Å². The molecule has 0 radical (unpaired) electrons. The summed E-state index contributed by atoms with van der Waals surface area (Å²) >= 11 is 0. The number of benzene rings is 2. The van der Waals surface area contributed by atoms with Crippen LogP contribution in [0.3, 0.4) is 0 Å². The molecule has 2 aromatic carbocycles. The fourth-order valence-corrected chi connectivity index (χ4v) is 7.88. The number of carbonyl (C=O) groups is 2. The molecule has 4 aliphatic rings. The summed E-state index contributed by atoms with van der Waals surface area (Å²) < 4.78 is 7.76. The molecule has 0 bridgehead atoms. The van der Waals surface area contributed by atoms with Crippen LogP contribution in [0.2, 0.25) is 0 Å². The van der Waals surface area contributed by atoms with E-state index in [-0.39, 0.29) is 11.9 Å². The van der Waals surface area contributed by atoms with E-state index in [1.54, 1.807) is 12.3 Å². The Bertz CT molecular complexity index is 1890. The van der Waals surface area contributed by atoms with Crippen LogP contribution in [0.25, 0.3) is 0 Å². The largest absolute Gasteiger partial charge is 0.381 e. The van der Waals surface area contributed by atoms with Crippen molar-refractivity contribution in [2.45, 2.75) is 76.8 Å². The highest BCUT2D eigenvalue weighted by atomic mass is 16.5. The quantitative estimate of drug-likeness (QED) is 0.195. The molecular weight excluding hydrogens is 618 g/mol. The van der Waals surface area contributed by atoms with Crippen molar-refractivity contribution in [1.29, 1.82) is 0 Å². The Labute approximate surface area is 285 Å². The Morgan fingerprint density at radius 2 is 1.86 bits per heavy atom. The third-order valence-electron chi connectivity index (χ3n) is 10.1. The van der Waals surface area contributed by atoms with E-state index in [1.807, 2.05) is 40.0 Å². The Morgan fingerprint density at radius 3 is 2.82 bits per heavy atom. The first-order valence-corrected chi connectivity index (χ1v) is 17.4. The molecule has 4 aromatic rings. The minimum Gasteiger partial charge on any atom is -0.381 e. The Morgan fingerprint density at radius 1 is 0.980 bits per heavy atom. The van der Waals surface area contributed by atoms with E-state index in [0.717, 1.165) is 42.6 Å². The average molecular weight is 660 g/mol. The summed E-state index contributed by atoms with van der Waals surface area (Å²) in [4.78, 5) is 37.2. The van der Waals surface area contributed by atoms with Crippen LogP contribution < -0.4 is 16.0 Å². The molecule has 1 saturated carbocycles. The summed E-state index contributed by atoms with van der Waals surface area (Å²) in [5.41, 5.74) is 7.49. The summed E-state index contributed by atoms with van der Waals surface area (Å²) in [5, 5.41) is 18.1. The van der Waals surface area contributed by atoms with Gasteiger partial charge in [-0.25, -0.2) is 9.78 Å². The molecule has 3 amide bonds. The topological polar surface area (TPSA) is 139 Å². The number of hydrogen-bond acceptors (Lipinski definition) is 8. The number of nitrogens with zero attached hydrogens (tertiary/aromatic N) is 6.